The predicted molar refractivity (Wildman–Crippen MR) is 75.8 cm³/mol. The number of aromatic nitrogens is 2. The summed E-state index contributed by atoms with van der Waals surface area (Å²) in [4.78, 5) is 0. The van der Waals surface area contributed by atoms with Gasteiger partial charge in [0.05, 0.1) is 12.3 Å². The number of rotatable bonds is 7. The van der Waals surface area contributed by atoms with Crippen molar-refractivity contribution >= 4 is 0 Å². The van der Waals surface area contributed by atoms with Gasteiger partial charge in [-0.1, -0.05) is 30.3 Å². The number of hydrogen-bond acceptors (Lipinski definition) is 3. The van der Waals surface area contributed by atoms with Crippen LogP contribution in [-0.4, -0.2) is 27.5 Å². The van der Waals surface area contributed by atoms with Gasteiger partial charge in [0.25, 0.3) is 0 Å². The van der Waals surface area contributed by atoms with E-state index in [1.807, 2.05) is 35.1 Å². The molecule has 0 amide bonds. The topological polar surface area (TPSA) is 50.1 Å². The molecule has 4 nitrogen and oxygen atoms in total. The van der Waals surface area contributed by atoms with Crippen molar-refractivity contribution in [1.82, 2.24) is 15.1 Å². The summed E-state index contributed by atoms with van der Waals surface area (Å²) in [5.74, 6) is 0. The van der Waals surface area contributed by atoms with Gasteiger partial charge in [-0.25, -0.2) is 0 Å². The van der Waals surface area contributed by atoms with Crippen molar-refractivity contribution in [2.24, 2.45) is 0 Å². The van der Waals surface area contributed by atoms with Gasteiger partial charge in [0, 0.05) is 25.3 Å². The van der Waals surface area contributed by atoms with E-state index in [9.17, 15) is 5.11 Å². The van der Waals surface area contributed by atoms with Crippen molar-refractivity contribution < 1.29 is 5.11 Å². The van der Waals surface area contributed by atoms with Gasteiger partial charge in [-0.3, -0.25) is 4.68 Å². The lowest BCUT2D eigenvalue weighted by molar-refractivity contribution is 0.240. The lowest BCUT2D eigenvalue weighted by Gasteiger charge is -2.16. The molecule has 0 radical (unpaired) electrons. The highest BCUT2D eigenvalue weighted by Gasteiger charge is 2.09. The smallest absolute Gasteiger partial charge is 0.0588 e. The molecule has 1 aromatic heterocycles. The first-order chi connectivity index (χ1) is 9.33. The van der Waals surface area contributed by atoms with Crippen molar-refractivity contribution in [3.63, 3.8) is 0 Å². The van der Waals surface area contributed by atoms with Crippen LogP contribution in [0.4, 0.5) is 0 Å². The molecule has 1 heterocycles. The number of nitrogens with one attached hydrogen (secondary N) is 1. The van der Waals surface area contributed by atoms with E-state index in [1.54, 1.807) is 0 Å². The molecule has 19 heavy (non-hydrogen) atoms. The fourth-order valence-electron chi connectivity index (χ4n) is 2.14. The first-order valence-electron chi connectivity index (χ1n) is 6.72. The molecule has 0 aliphatic carbocycles. The van der Waals surface area contributed by atoms with Crippen molar-refractivity contribution in [2.75, 3.05) is 6.61 Å². The second-order valence-corrected chi connectivity index (χ2v) is 4.59. The van der Waals surface area contributed by atoms with Gasteiger partial charge in [-0.05, 0) is 25.0 Å². The number of aryl methyl sites for hydroxylation is 1. The molecular formula is C15H21N3O. The minimum atomic E-state index is 0.0719. The Morgan fingerprint density at radius 3 is 2.74 bits per heavy atom. The molecule has 1 atom stereocenters. The summed E-state index contributed by atoms with van der Waals surface area (Å²) in [6.07, 6.45) is 2.64. The maximum atomic E-state index is 9.46. The quantitative estimate of drug-likeness (QED) is 0.794. The Bertz CT molecular complexity index is 481. The van der Waals surface area contributed by atoms with E-state index in [0.717, 1.165) is 25.2 Å². The van der Waals surface area contributed by atoms with Gasteiger partial charge in [-0.15, -0.1) is 0 Å². The normalized spacial score (nSPS) is 12.5. The summed E-state index contributed by atoms with van der Waals surface area (Å²) in [6.45, 7) is 3.80. The van der Waals surface area contributed by atoms with E-state index in [4.69, 9.17) is 0 Å². The molecule has 2 rings (SSSR count). The van der Waals surface area contributed by atoms with Gasteiger partial charge in [0.2, 0.25) is 0 Å². The van der Waals surface area contributed by atoms with E-state index in [-0.39, 0.29) is 12.6 Å². The molecule has 0 spiro atoms. The zero-order chi connectivity index (χ0) is 13.5. The molecule has 0 saturated heterocycles. The largest absolute Gasteiger partial charge is 0.395 e. The molecule has 2 N–H and O–H groups in total. The summed E-state index contributed by atoms with van der Waals surface area (Å²) in [6, 6.07) is 12.3. The second kappa shape index (κ2) is 7.07. The highest BCUT2D eigenvalue weighted by Crippen LogP contribution is 2.04. The highest BCUT2D eigenvalue weighted by atomic mass is 16.3. The van der Waals surface area contributed by atoms with Crippen molar-refractivity contribution in [1.29, 1.82) is 0 Å². The van der Waals surface area contributed by atoms with Crippen LogP contribution >= 0.6 is 0 Å². The minimum absolute atomic E-state index is 0.0719. The predicted octanol–water partition coefficient (Wildman–Crippen LogP) is 1.60. The summed E-state index contributed by atoms with van der Waals surface area (Å²) >= 11 is 0. The van der Waals surface area contributed by atoms with Gasteiger partial charge in [0.1, 0.15) is 0 Å². The molecule has 1 aromatic carbocycles. The van der Waals surface area contributed by atoms with Gasteiger partial charge < -0.3 is 10.4 Å². The standard InChI is InChI=1S/C15H21N3O/c1-2-18-15(8-9-17-18)11-16-14(12-19)10-13-6-4-3-5-7-13/h3-9,14,16,19H,2,10-12H2,1H3/t14-/m0/s1. The summed E-state index contributed by atoms with van der Waals surface area (Å²) in [7, 11) is 0. The summed E-state index contributed by atoms with van der Waals surface area (Å²) in [5.41, 5.74) is 2.38. The van der Waals surface area contributed by atoms with E-state index < -0.39 is 0 Å². The number of nitrogens with zero attached hydrogens (tertiary/aromatic N) is 2. The zero-order valence-corrected chi connectivity index (χ0v) is 11.3. The molecule has 0 aliphatic rings. The maximum absolute atomic E-state index is 9.46. The first-order valence-corrected chi connectivity index (χ1v) is 6.72. The van der Waals surface area contributed by atoms with Crippen LogP contribution in [0.25, 0.3) is 0 Å². The molecule has 0 bridgehead atoms. The van der Waals surface area contributed by atoms with E-state index in [0.29, 0.717) is 0 Å². The number of aliphatic hydroxyl groups excluding tert-OH is 1. The number of hydrogen-bond donors (Lipinski definition) is 2. The molecule has 102 valence electrons. The Hall–Kier alpha value is -1.65. The molecule has 0 unspecified atom stereocenters. The molecule has 0 aliphatic heterocycles. The Labute approximate surface area is 114 Å². The van der Waals surface area contributed by atoms with Gasteiger partial charge in [0.15, 0.2) is 0 Å². The van der Waals surface area contributed by atoms with Crippen LogP contribution in [0.3, 0.4) is 0 Å². The molecule has 2 aromatic rings. The van der Waals surface area contributed by atoms with Crippen LogP contribution in [0.1, 0.15) is 18.2 Å². The van der Waals surface area contributed by atoms with Crippen LogP contribution < -0.4 is 5.32 Å². The monoisotopic (exact) mass is 259 g/mol. The maximum Gasteiger partial charge on any atom is 0.0588 e. The minimum Gasteiger partial charge on any atom is -0.395 e. The summed E-state index contributed by atoms with van der Waals surface area (Å²) in [5, 5.41) is 17.1. The average molecular weight is 259 g/mol. The third-order valence-electron chi connectivity index (χ3n) is 3.22. The Balaban J connectivity index is 1.89. The summed E-state index contributed by atoms with van der Waals surface area (Å²) < 4.78 is 1.96. The van der Waals surface area contributed by atoms with Crippen LogP contribution in [0, 0.1) is 0 Å². The SMILES string of the molecule is CCn1nccc1CN[C@H](CO)Cc1ccccc1. The number of aliphatic hydroxyl groups is 1. The molecular weight excluding hydrogens is 238 g/mol. The second-order valence-electron chi connectivity index (χ2n) is 4.59. The third kappa shape index (κ3) is 3.91. The fraction of sp³-hybridized carbons (Fsp3) is 0.400. The van der Waals surface area contributed by atoms with Crippen LogP contribution in [0.15, 0.2) is 42.6 Å². The highest BCUT2D eigenvalue weighted by molar-refractivity contribution is 5.16. The van der Waals surface area contributed by atoms with Crippen LogP contribution in [0.2, 0.25) is 0 Å². The van der Waals surface area contributed by atoms with Gasteiger partial charge in [-0.2, -0.15) is 5.10 Å². The van der Waals surface area contributed by atoms with E-state index >= 15 is 0 Å². The Kier molecular flexibility index (Phi) is 5.12. The van der Waals surface area contributed by atoms with Crippen molar-refractivity contribution in [3.8, 4) is 0 Å². The molecule has 0 saturated carbocycles. The lowest BCUT2D eigenvalue weighted by atomic mass is 10.1. The van der Waals surface area contributed by atoms with Crippen LogP contribution in [-0.2, 0) is 19.5 Å². The van der Waals surface area contributed by atoms with Crippen LogP contribution in [0.5, 0.6) is 0 Å². The Morgan fingerprint density at radius 1 is 1.26 bits per heavy atom. The third-order valence-corrected chi connectivity index (χ3v) is 3.22. The molecule has 0 fully saturated rings. The Morgan fingerprint density at radius 2 is 2.05 bits per heavy atom. The number of benzene rings is 1. The molecule has 4 heteroatoms. The average Bonchev–Trinajstić information content (AvgIpc) is 2.92. The van der Waals surface area contributed by atoms with Gasteiger partial charge >= 0.3 is 0 Å². The van der Waals surface area contributed by atoms with E-state index in [2.05, 4.69) is 29.5 Å². The van der Waals surface area contributed by atoms with Crippen molar-refractivity contribution in [2.45, 2.75) is 32.5 Å². The van der Waals surface area contributed by atoms with Crippen molar-refractivity contribution in [3.05, 3.63) is 53.9 Å². The van der Waals surface area contributed by atoms with E-state index in [1.165, 1.54) is 5.56 Å². The first kappa shape index (κ1) is 13.8. The lowest BCUT2D eigenvalue weighted by Crippen LogP contribution is -2.34. The fourth-order valence-corrected chi connectivity index (χ4v) is 2.14. The zero-order valence-electron chi connectivity index (χ0n) is 11.3.